The van der Waals surface area contributed by atoms with Gasteiger partial charge in [0.15, 0.2) is 0 Å². The molecule has 3 aliphatic carbocycles. The molecule has 2 fully saturated rings. The predicted octanol–water partition coefficient (Wildman–Crippen LogP) is 2.55. The van der Waals surface area contributed by atoms with E-state index in [1.54, 1.807) is 0 Å². The number of ketones is 1. The molecule has 0 aromatic heterocycles. The van der Waals surface area contributed by atoms with Gasteiger partial charge in [0.05, 0.1) is 28.4 Å². The number of anilines is 1. The molecule has 4 atom stereocenters. The number of benzene rings is 2. The highest BCUT2D eigenvalue weighted by Crippen LogP contribution is 2.57. The molecular formula is C20H14N2O5. The number of rotatable bonds is 2. The van der Waals surface area contributed by atoms with Crippen molar-refractivity contribution in [2.45, 2.75) is 18.3 Å². The first-order valence-corrected chi connectivity index (χ1v) is 8.73. The molecule has 27 heavy (non-hydrogen) atoms. The van der Waals surface area contributed by atoms with Gasteiger partial charge in [0, 0.05) is 24.5 Å². The molecule has 0 spiro atoms. The molecule has 0 N–H and O–H groups in total. The Morgan fingerprint density at radius 1 is 0.926 bits per heavy atom. The van der Waals surface area contributed by atoms with Gasteiger partial charge < -0.3 is 0 Å². The normalized spacial score (nSPS) is 28.3. The largest absolute Gasteiger partial charge is 0.299 e. The number of nitro groups is 1. The Morgan fingerprint density at radius 2 is 1.63 bits per heavy atom. The van der Waals surface area contributed by atoms with Crippen LogP contribution < -0.4 is 4.90 Å². The van der Waals surface area contributed by atoms with Crippen LogP contribution in [0.25, 0.3) is 0 Å². The van der Waals surface area contributed by atoms with Crippen LogP contribution in [0.4, 0.5) is 11.4 Å². The van der Waals surface area contributed by atoms with Gasteiger partial charge in [-0.15, -0.1) is 0 Å². The van der Waals surface area contributed by atoms with Crippen LogP contribution >= 0.6 is 0 Å². The van der Waals surface area contributed by atoms with Crippen LogP contribution in [0.15, 0.2) is 48.5 Å². The number of fused-ring (bicyclic) bond motifs is 1. The first-order valence-electron chi connectivity index (χ1n) is 8.73. The molecular weight excluding hydrogens is 348 g/mol. The summed E-state index contributed by atoms with van der Waals surface area (Å²) in [6.45, 7) is 0. The third-order valence-corrected chi connectivity index (χ3v) is 5.99. The second-order valence-corrected chi connectivity index (χ2v) is 7.22. The number of amides is 2. The lowest BCUT2D eigenvalue weighted by Gasteiger charge is -2.43. The van der Waals surface area contributed by atoms with E-state index >= 15 is 0 Å². The predicted molar refractivity (Wildman–Crippen MR) is 94.1 cm³/mol. The smallest absolute Gasteiger partial charge is 0.271 e. The van der Waals surface area contributed by atoms with Gasteiger partial charge in [-0.25, -0.2) is 4.90 Å². The summed E-state index contributed by atoms with van der Waals surface area (Å²) in [5, 5.41) is 11.1. The number of imide groups is 1. The van der Waals surface area contributed by atoms with Crippen molar-refractivity contribution in [1.82, 2.24) is 0 Å². The molecule has 2 aromatic rings. The summed E-state index contributed by atoms with van der Waals surface area (Å²) >= 11 is 0. The van der Waals surface area contributed by atoms with Crippen LogP contribution in [-0.2, 0) is 14.4 Å². The lowest BCUT2D eigenvalue weighted by Crippen LogP contribution is -2.44. The van der Waals surface area contributed by atoms with Gasteiger partial charge in [-0.3, -0.25) is 24.5 Å². The Hall–Kier alpha value is -3.35. The first-order chi connectivity index (χ1) is 13.0. The van der Waals surface area contributed by atoms with E-state index in [0.29, 0.717) is 0 Å². The number of non-ortho nitro benzene ring substituents is 1. The molecule has 1 heterocycles. The van der Waals surface area contributed by atoms with Crippen molar-refractivity contribution in [2.75, 3.05) is 4.90 Å². The zero-order valence-corrected chi connectivity index (χ0v) is 14.1. The molecule has 2 aromatic carbocycles. The number of nitrogens with zero attached hydrogens (tertiary/aromatic N) is 2. The lowest BCUT2D eigenvalue weighted by atomic mass is 9.56. The van der Waals surface area contributed by atoms with E-state index in [2.05, 4.69) is 0 Å². The highest BCUT2D eigenvalue weighted by molar-refractivity contribution is 6.24. The van der Waals surface area contributed by atoms with Crippen molar-refractivity contribution in [1.29, 1.82) is 0 Å². The van der Waals surface area contributed by atoms with Crippen molar-refractivity contribution < 1.29 is 19.3 Å². The second-order valence-electron chi connectivity index (χ2n) is 7.22. The highest BCUT2D eigenvalue weighted by Gasteiger charge is 2.62. The van der Waals surface area contributed by atoms with Crippen molar-refractivity contribution >= 4 is 29.0 Å². The maximum absolute atomic E-state index is 13.2. The Bertz CT molecular complexity index is 1050. The summed E-state index contributed by atoms with van der Waals surface area (Å²) in [4.78, 5) is 50.5. The van der Waals surface area contributed by atoms with Gasteiger partial charge in [-0.2, -0.15) is 0 Å². The van der Waals surface area contributed by atoms with Crippen LogP contribution in [0.2, 0.25) is 0 Å². The molecule has 7 nitrogen and oxygen atoms in total. The standard InChI is InChI=1S/C20H14N2O5/c23-15-9-14-12-6-1-2-7-13(12)16(15)18-17(14)19(24)21(20(18)25)10-4-3-5-11(8-10)22(26)27/h1-8,14,16-18H,9H2/t14-,16-,17+,18+/m0/s1. The summed E-state index contributed by atoms with van der Waals surface area (Å²) in [5.74, 6) is -3.07. The summed E-state index contributed by atoms with van der Waals surface area (Å²) in [7, 11) is 0. The summed E-state index contributed by atoms with van der Waals surface area (Å²) in [6.07, 6.45) is 0.255. The van der Waals surface area contributed by atoms with Gasteiger partial charge in [0.2, 0.25) is 11.8 Å². The van der Waals surface area contributed by atoms with Crippen LogP contribution in [-0.4, -0.2) is 22.5 Å². The van der Waals surface area contributed by atoms with Crippen LogP contribution in [0, 0.1) is 22.0 Å². The third-order valence-electron chi connectivity index (χ3n) is 5.99. The average Bonchev–Trinajstić information content (AvgIpc) is 2.94. The number of carbonyl (C=O) groups is 3. The van der Waals surface area contributed by atoms with E-state index < -0.39 is 28.6 Å². The molecule has 0 radical (unpaired) electrons. The monoisotopic (exact) mass is 362 g/mol. The maximum atomic E-state index is 13.2. The zero-order chi connectivity index (χ0) is 18.9. The molecule has 4 aliphatic rings. The third kappa shape index (κ3) is 1.99. The van der Waals surface area contributed by atoms with Crippen molar-refractivity contribution in [3.05, 3.63) is 69.8 Å². The fourth-order valence-electron chi connectivity index (χ4n) is 4.96. The molecule has 7 heteroatoms. The van der Waals surface area contributed by atoms with E-state index in [1.165, 1.54) is 24.3 Å². The van der Waals surface area contributed by atoms with E-state index in [4.69, 9.17) is 0 Å². The van der Waals surface area contributed by atoms with Gasteiger partial charge in [-0.05, 0) is 17.2 Å². The topological polar surface area (TPSA) is 97.6 Å². The quantitative estimate of drug-likeness (QED) is 0.465. The number of hydrogen-bond acceptors (Lipinski definition) is 5. The molecule has 1 saturated heterocycles. The van der Waals surface area contributed by atoms with Crippen LogP contribution in [0.1, 0.15) is 29.4 Å². The summed E-state index contributed by atoms with van der Waals surface area (Å²) in [5.41, 5.74) is 1.79. The Morgan fingerprint density at radius 3 is 2.37 bits per heavy atom. The van der Waals surface area contributed by atoms with E-state index in [-0.39, 0.29) is 35.4 Å². The van der Waals surface area contributed by atoms with Crippen LogP contribution in [0.3, 0.4) is 0 Å². The van der Waals surface area contributed by atoms with Crippen molar-refractivity contribution in [3.8, 4) is 0 Å². The Kier molecular flexibility index (Phi) is 3.13. The summed E-state index contributed by atoms with van der Waals surface area (Å²) < 4.78 is 0. The zero-order valence-electron chi connectivity index (χ0n) is 14.1. The number of carbonyl (C=O) groups excluding carboxylic acids is 3. The minimum absolute atomic E-state index is 0.0120. The molecule has 2 bridgehead atoms. The Labute approximate surface area is 153 Å². The minimum atomic E-state index is -0.724. The van der Waals surface area contributed by atoms with Gasteiger partial charge in [0.1, 0.15) is 5.78 Å². The molecule has 2 amide bonds. The van der Waals surface area contributed by atoms with Crippen molar-refractivity contribution in [3.63, 3.8) is 0 Å². The maximum Gasteiger partial charge on any atom is 0.271 e. The lowest BCUT2D eigenvalue weighted by molar-refractivity contribution is -0.384. The van der Waals surface area contributed by atoms with Crippen LogP contribution in [0.5, 0.6) is 0 Å². The number of hydrogen-bond donors (Lipinski definition) is 0. The van der Waals surface area contributed by atoms with E-state index in [9.17, 15) is 24.5 Å². The van der Waals surface area contributed by atoms with Crippen molar-refractivity contribution in [2.24, 2.45) is 11.8 Å². The highest BCUT2D eigenvalue weighted by atomic mass is 16.6. The fourth-order valence-corrected chi connectivity index (χ4v) is 4.96. The van der Waals surface area contributed by atoms with E-state index in [0.717, 1.165) is 16.0 Å². The fraction of sp³-hybridized carbons (Fsp3) is 0.250. The first kappa shape index (κ1) is 15.9. The Balaban J connectivity index is 1.63. The molecule has 1 aliphatic heterocycles. The van der Waals surface area contributed by atoms with E-state index in [1.807, 2.05) is 24.3 Å². The molecule has 0 unspecified atom stereocenters. The molecule has 134 valence electrons. The second kappa shape index (κ2) is 5.33. The minimum Gasteiger partial charge on any atom is -0.299 e. The van der Waals surface area contributed by atoms with Gasteiger partial charge in [-0.1, -0.05) is 30.3 Å². The molecule has 6 rings (SSSR count). The SMILES string of the molecule is O=C1C[C@H]2c3ccccc3[C@@H]1[C@H]1C(=O)N(c3cccc([N+](=O)[O-])c3)C(=O)[C@@H]12. The number of Topliss-reactive ketones (excluding diaryl/α,β-unsaturated/α-hetero) is 1. The average molecular weight is 362 g/mol. The summed E-state index contributed by atoms with van der Waals surface area (Å²) in [6, 6.07) is 13.0. The van der Waals surface area contributed by atoms with Gasteiger partial charge in [0.25, 0.3) is 5.69 Å². The number of nitro benzene ring substituents is 1. The van der Waals surface area contributed by atoms with Gasteiger partial charge >= 0.3 is 0 Å². The molecule has 1 saturated carbocycles.